The van der Waals surface area contributed by atoms with Crippen molar-refractivity contribution in [2.45, 2.75) is 6.04 Å². The van der Waals surface area contributed by atoms with Gasteiger partial charge >= 0.3 is 0 Å². The molecule has 6 heteroatoms. The summed E-state index contributed by atoms with van der Waals surface area (Å²) in [5.74, 6) is 0. The highest BCUT2D eigenvalue weighted by Crippen LogP contribution is 2.11. The molecule has 0 radical (unpaired) electrons. The van der Waals surface area contributed by atoms with Crippen LogP contribution in [0.3, 0.4) is 0 Å². The molecule has 0 unspecified atom stereocenters. The quantitative estimate of drug-likeness (QED) is 0.503. The lowest BCUT2D eigenvalue weighted by molar-refractivity contribution is -0.385. The highest BCUT2D eigenvalue weighted by Gasteiger charge is 2.08. The molecular formula is C7H10N4O2. The Labute approximate surface area is 74.7 Å². The maximum Gasteiger partial charge on any atom is 0.287 e. The van der Waals surface area contributed by atoms with Crippen molar-refractivity contribution in [2.24, 2.45) is 11.5 Å². The van der Waals surface area contributed by atoms with Crippen LogP contribution in [0, 0.1) is 10.1 Å². The predicted octanol–water partition coefficient (Wildman–Crippen LogP) is -0.0517. The lowest BCUT2D eigenvalue weighted by atomic mass is 10.2. The number of nitrogens with two attached hydrogens (primary N) is 2. The fraction of sp³-hybridized carbons (Fsp3) is 0.286. The molecule has 0 saturated heterocycles. The molecule has 0 aliphatic heterocycles. The Bertz CT molecular complexity index is 298. The van der Waals surface area contributed by atoms with Crippen LogP contribution in [-0.2, 0) is 0 Å². The summed E-state index contributed by atoms with van der Waals surface area (Å²) >= 11 is 0. The third-order valence-electron chi connectivity index (χ3n) is 1.62. The van der Waals surface area contributed by atoms with E-state index in [1.165, 1.54) is 18.3 Å². The van der Waals surface area contributed by atoms with Gasteiger partial charge in [-0.2, -0.15) is 0 Å². The van der Waals surface area contributed by atoms with E-state index in [1.54, 1.807) is 0 Å². The highest BCUT2D eigenvalue weighted by atomic mass is 16.6. The second-order valence-corrected chi connectivity index (χ2v) is 2.54. The fourth-order valence-electron chi connectivity index (χ4n) is 0.846. The van der Waals surface area contributed by atoms with Gasteiger partial charge in [-0.15, -0.1) is 0 Å². The first-order valence-corrected chi connectivity index (χ1v) is 3.71. The van der Waals surface area contributed by atoms with Crippen LogP contribution in [0.4, 0.5) is 5.69 Å². The molecule has 13 heavy (non-hydrogen) atoms. The van der Waals surface area contributed by atoms with E-state index in [1.807, 2.05) is 0 Å². The van der Waals surface area contributed by atoms with Gasteiger partial charge in [-0.1, -0.05) is 0 Å². The van der Waals surface area contributed by atoms with Gasteiger partial charge in [-0.3, -0.25) is 15.1 Å². The molecule has 0 amide bonds. The summed E-state index contributed by atoms with van der Waals surface area (Å²) in [6.07, 6.45) is 1.17. The van der Waals surface area contributed by atoms with Crippen LogP contribution >= 0.6 is 0 Å². The zero-order chi connectivity index (χ0) is 9.84. The molecule has 70 valence electrons. The van der Waals surface area contributed by atoms with E-state index < -0.39 is 4.92 Å². The molecule has 1 rings (SSSR count). The second-order valence-electron chi connectivity index (χ2n) is 2.54. The topological polar surface area (TPSA) is 108 Å². The molecule has 0 saturated carbocycles. The Morgan fingerprint density at radius 2 is 2.31 bits per heavy atom. The second kappa shape index (κ2) is 3.92. The summed E-state index contributed by atoms with van der Waals surface area (Å²) in [4.78, 5) is 13.6. The molecular weight excluding hydrogens is 172 g/mol. The minimum absolute atomic E-state index is 0.0482. The zero-order valence-corrected chi connectivity index (χ0v) is 6.88. The van der Waals surface area contributed by atoms with E-state index in [2.05, 4.69) is 4.98 Å². The van der Waals surface area contributed by atoms with E-state index in [0.717, 1.165) is 0 Å². The summed E-state index contributed by atoms with van der Waals surface area (Å²) in [5.41, 5.74) is 11.4. The summed E-state index contributed by atoms with van der Waals surface area (Å²) in [6.45, 7) is 0.269. The van der Waals surface area contributed by atoms with Crippen molar-refractivity contribution < 1.29 is 4.92 Å². The van der Waals surface area contributed by atoms with Crippen LogP contribution in [0.1, 0.15) is 11.7 Å². The average Bonchev–Trinajstić information content (AvgIpc) is 2.17. The van der Waals surface area contributed by atoms with E-state index in [4.69, 9.17) is 11.5 Å². The van der Waals surface area contributed by atoms with Gasteiger partial charge in [0.05, 0.1) is 16.7 Å². The van der Waals surface area contributed by atoms with E-state index in [-0.39, 0.29) is 18.3 Å². The van der Waals surface area contributed by atoms with Gasteiger partial charge in [-0.25, -0.2) is 0 Å². The first-order valence-electron chi connectivity index (χ1n) is 3.71. The third kappa shape index (κ3) is 2.20. The molecule has 1 heterocycles. The van der Waals surface area contributed by atoms with Crippen molar-refractivity contribution in [2.75, 3.05) is 6.54 Å². The third-order valence-corrected chi connectivity index (χ3v) is 1.62. The van der Waals surface area contributed by atoms with Crippen molar-refractivity contribution >= 4 is 5.69 Å². The average molecular weight is 182 g/mol. The van der Waals surface area contributed by atoms with E-state index >= 15 is 0 Å². The Morgan fingerprint density at radius 3 is 2.69 bits per heavy atom. The largest absolute Gasteiger partial charge is 0.329 e. The monoisotopic (exact) mass is 182 g/mol. The van der Waals surface area contributed by atoms with Crippen LogP contribution in [0.25, 0.3) is 0 Å². The van der Waals surface area contributed by atoms with Gasteiger partial charge < -0.3 is 11.5 Å². The molecule has 0 spiro atoms. The molecule has 6 nitrogen and oxygen atoms in total. The molecule has 0 aromatic carbocycles. The van der Waals surface area contributed by atoms with Gasteiger partial charge in [0, 0.05) is 12.6 Å². The van der Waals surface area contributed by atoms with Crippen molar-refractivity contribution in [1.82, 2.24) is 4.98 Å². The SMILES string of the molecule is NC[C@H](N)c1ccc([N+](=O)[O-])cn1. The van der Waals surface area contributed by atoms with Crippen molar-refractivity contribution in [1.29, 1.82) is 0 Å². The van der Waals surface area contributed by atoms with Gasteiger partial charge in [0.1, 0.15) is 6.20 Å². The van der Waals surface area contributed by atoms with Crippen LogP contribution in [-0.4, -0.2) is 16.5 Å². The molecule has 1 aromatic heterocycles. The van der Waals surface area contributed by atoms with Gasteiger partial charge in [-0.05, 0) is 6.07 Å². The fourth-order valence-corrected chi connectivity index (χ4v) is 0.846. The highest BCUT2D eigenvalue weighted by molar-refractivity contribution is 5.27. The summed E-state index contributed by atoms with van der Waals surface area (Å²) in [5, 5.41) is 10.3. The van der Waals surface area contributed by atoms with Crippen molar-refractivity contribution in [3.63, 3.8) is 0 Å². The maximum atomic E-state index is 10.3. The van der Waals surface area contributed by atoms with Crippen molar-refractivity contribution in [3.05, 3.63) is 34.1 Å². The Morgan fingerprint density at radius 1 is 1.62 bits per heavy atom. The Hall–Kier alpha value is -1.53. The summed E-state index contributed by atoms with van der Waals surface area (Å²) in [6, 6.07) is 2.51. The molecule has 1 aromatic rings. The standard InChI is InChI=1S/C7H10N4O2/c8-3-6(9)7-2-1-5(4-10-7)11(12)13/h1-2,4,6H,3,8-9H2/t6-/m0/s1. The minimum atomic E-state index is -0.509. The molecule has 0 aliphatic carbocycles. The zero-order valence-electron chi connectivity index (χ0n) is 6.88. The van der Waals surface area contributed by atoms with Crippen LogP contribution in [0.15, 0.2) is 18.3 Å². The van der Waals surface area contributed by atoms with Crippen molar-refractivity contribution in [3.8, 4) is 0 Å². The van der Waals surface area contributed by atoms with E-state index in [0.29, 0.717) is 5.69 Å². The molecule has 0 aliphatic rings. The summed E-state index contributed by atoms with van der Waals surface area (Å²) < 4.78 is 0. The summed E-state index contributed by atoms with van der Waals surface area (Å²) in [7, 11) is 0. The lowest BCUT2D eigenvalue weighted by Crippen LogP contribution is -2.21. The first-order chi connectivity index (χ1) is 6.15. The number of nitrogens with zero attached hydrogens (tertiary/aromatic N) is 2. The number of aromatic nitrogens is 1. The van der Waals surface area contributed by atoms with E-state index in [9.17, 15) is 10.1 Å². The smallest absolute Gasteiger partial charge is 0.287 e. The van der Waals surface area contributed by atoms with Crippen LogP contribution in [0.5, 0.6) is 0 Å². The van der Waals surface area contributed by atoms with Gasteiger partial charge in [0.15, 0.2) is 0 Å². The molecule has 1 atom stereocenters. The molecule has 0 fully saturated rings. The minimum Gasteiger partial charge on any atom is -0.329 e. The number of rotatable bonds is 3. The normalized spacial score (nSPS) is 12.5. The number of hydrogen-bond acceptors (Lipinski definition) is 5. The lowest BCUT2D eigenvalue weighted by Gasteiger charge is -2.06. The molecule has 0 bridgehead atoms. The van der Waals surface area contributed by atoms with Gasteiger partial charge in [0.2, 0.25) is 0 Å². The number of nitro groups is 1. The van der Waals surface area contributed by atoms with Crippen LogP contribution in [0.2, 0.25) is 0 Å². The number of hydrogen-bond donors (Lipinski definition) is 2. The predicted molar refractivity (Wildman–Crippen MR) is 46.9 cm³/mol. The van der Waals surface area contributed by atoms with Gasteiger partial charge in [0.25, 0.3) is 5.69 Å². The Kier molecular flexibility index (Phi) is 2.88. The molecule has 4 N–H and O–H groups in total. The first kappa shape index (κ1) is 9.56. The Balaban J connectivity index is 2.87. The number of pyridine rings is 1. The maximum absolute atomic E-state index is 10.3. The van der Waals surface area contributed by atoms with Crippen LogP contribution < -0.4 is 11.5 Å².